The summed E-state index contributed by atoms with van der Waals surface area (Å²) in [6.07, 6.45) is 0.332. The zero-order valence-corrected chi connectivity index (χ0v) is 10.9. The van der Waals surface area contributed by atoms with Crippen LogP contribution in [0, 0.1) is 5.92 Å². The molecule has 1 aliphatic heterocycles. The van der Waals surface area contributed by atoms with E-state index < -0.39 is 11.9 Å². The summed E-state index contributed by atoms with van der Waals surface area (Å²) in [6, 6.07) is 0. The lowest BCUT2D eigenvalue weighted by molar-refractivity contribution is -0.141. The number of carbonyl (C=O) groups is 3. The molecule has 2 amide bonds. The van der Waals surface area contributed by atoms with Gasteiger partial charge in [-0.3, -0.25) is 9.59 Å². The molecular formula is C12H18N2O4. The predicted molar refractivity (Wildman–Crippen MR) is 64.0 cm³/mol. The minimum absolute atomic E-state index is 0.195. The van der Waals surface area contributed by atoms with Gasteiger partial charge in [-0.15, -0.1) is 0 Å². The van der Waals surface area contributed by atoms with E-state index in [0.29, 0.717) is 17.7 Å². The van der Waals surface area contributed by atoms with Crippen molar-refractivity contribution in [2.75, 3.05) is 13.2 Å². The molecule has 0 radical (unpaired) electrons. The van der Waals surface area contributed by atoms with Crippen LogP contribution in [0.15, 0.2) is 11.3 Å². The molecule has 0 bridgehead atoms. The molecule has 1 unspecified atom stereocenters. The number of nitrogens with two attached hydrogens (primary N) is 1. The minimum atomic E-state index is -0.611. The van der Waals surface area contributed by atoms with E-state index in [-0.39, 0.29) is 25.0 Å². The Balaban J connectivity index is 3.07. The molecule has 6 nitrogen and oxygen atoms in total. The maximum absolute atomic E-state index is 11.9. The second-order valence-corrected chi connectivity index (χ2v) is 4.28. The van der Waals surface area contributed by atoms with Crippen molar-refractivity contribution < 1.29 is 19.1 Å². The normalized spacial score (nSPS) is 20.1. The Morgan fingerprint density at radius 1 is 1.50 bits per heavy atom. The van der Waals surface area contributed by atoms with Crippen LogP contribution in [-0.2, 0) is 19.1 Å². The highest BCUT2D eigenvalue weighted by atomic mass is 16.5. The molecule has 1 rings (SSSR count). The summed E-state index contributed by atoms with van der Waals surface area (Å²) < 4.78 is 4.94. The van der Waals surface area contributed by atoms with Crippen LogP contribution in [0.5, 0.6) is 0 Å². The number of carbonyl (C=O) groups excluding carboxylic acids is 3. The molecule has 6 heteroatoms. The van der Waals surface area contributed by atoms with Crippen molar-refractivity contribution in [1.29, 1.82) is 0 Å². The fraction of sp³-hybridized carbons (Fsp3) is 0.583. The fourth-order valence-corrected chi connectivity index (χ4v) is 1.94. The summed E-state index contributed by atoms with van der Waals surface area (Å²) in [4.78, 5) is 35.9. The maximum Gasteiger partial charge on any atom is 0.335 e. The van der Waals surface area contributed by atoms with Crippen LogP contribution in [0.2, 0.25) is 0 Å². The van der Waals surface area contributed by atoms with E-state index in [4.69, 9.17) is 10.5 Å². The minimum Gasteiger partial charge on any atom is -0.463 e. The Labute approximate surface area is 106 Å². The molecule has 18 heavy (non-hydrogen) atoms. The first-order valence-electron chi connectivity index (χ1n) is 5.85. The highest BCUT2D eigenvalue weighted by molar-refractivity contribution is 5.95. The standard InChI is InChI=1S/C12H18N2O4/c1-4-18-12(17)9-5-7(2)11(16)14(8(9)3)6-10(13)15/h7H,4-6H2,1-3H3,(H2,13,15). The summed E-state index contributed by atoms with van der Waals surface area (Å²) in [5, 5.41) is 0. The van der Waals surface area contributed by atoms with Gasteiger partial charge in [-0.05, 0) is 20.3 Å². The van der Waals surface area contributed by atoms with Gasteiger partial charge in [0.1, 0.15) is 6.54 Å². The average molecular weight is 254 g/mol. The van der Waals surface area contributed by atoms with Crippen molar-refractivity contribution in [3.8, 4) is 0 Å². The summed E-state index contributed by atoms with van der Waals surface area (Å²) in [5.74, 6) is -1.60. The largest absolute Gasteiger partial charge is 0.463 e. The Morgan fingerprint density at radius 2 is 2.11 bits per heavy atom. The lowest BCUT2D eigenvalue weighted by Gasteiger charge is -2.32. The highest BCUT2D eigenvalue weighted by Gasteiger charge is 2.33. The van der Waals surface area contributed by atoms with Gasteiger partial charge in [0.15, 0.2) is 0 Å². The molecular weight excluding hydrogens is 236 g/mol. The van der Waals surface area contributed by atoms with Crippen LogP contribution in [0.4, 0.5) is 0 Å². The van der Waals surface area contributed by atoms with E-state index in [9.17, 15) is 14.4 Å². The molecule has 0 aromatic rings. The number of primary amides is 1. The Morgan fingerprint density at radius 3 is 2.61 bits per heavy atom. The quantitative estimate of drug-likeness (QED) is 0.724. The molecule has 1 aliphatic rings. The third-order valence-corrected chi connectivity index (χ3v) is 2.88. The van der Waals surface area contributed by atoms with Crippen molar-refractivity contribution in [3.05, 3.63) is 11.3 Å². The molecule has 0 saturated heterocycles. The van der Waals surface area contributed by atoms with E-state index in [1.807, 2.05) is 0 Å². The Bertz CT molecular complexity index is 414. The third kappa shape index (κ3) is 2.88. The molecule has 2 N–H and O–H groups in total. The van der Waals surface area contributed by atoms with Gasteiger partial charge in [0.25, 0.3) is 0 Å². The highest BCUT2D eigenvalue weighted by Crippen LogP contribution is 2.27. The van der Waals surface area contributed by atoms with Crippen molar-refractivity contribution in [2.45, 2.75) is 27.2 Å². The van der Waals surface area contributed by atoms with Gasteiger partial charge in [-0.25, -0.2) is 4.79 Å². The van der Waals surface area contributed by atoms with Gasteiger partial charge in [-0.2, -0.15) is 0 Å². The fourth-order valence-electron chi connectivity index (χ4n) is 1.94. The first-order valence-corrected chi connectivity index (χ1v) is 5.85. The van der Waals surface area contributed by atoms with E-state index in [0.717, 1.165) is 0 Å². The summed E-state index contributed by atoms with van der Waals surface area (Å²) in [7, 11) is 0. The molecule has 0 fully saturated rings. The number of hydrogen-bond acceptors (Lipinski definition) is 4. The Kier molecular flexibility index (Phi) is 4.47. The van der Waals surface area contributed by atoms with Crippen LogP contribution in [0.25, 0.3) is 0 Å². The Hall–Kier alpha value is -1.85. The van der Waals surface area contributed by atoms with Crippen LogP contribution in [0.3, 0.4) is 0 Å². The number of rotatable bonds is 4. The number of amides is 2. The van der Waals surface area contributed by atoms with Crippen LogP contribution in [-0.4, -0.2) is 35.8 Å². The lowest BCUT2D eigenvalue weighted by Crippen LogP contribution is -2.44. The van der Waals surface area contributed by atoms with Gasteiger partial charge in [0.2, 0.25) is 11.8 Å². The van der Waals surface area contributed by atoms with E-state index in [1.165, 1.54) is 4.90 Å². The maximum atomic E-state index is 11.9. The summed E-state index contributed by atoms with van der Waals surface area (Å²) in [5.41, 5.74) is 5.99. The van der Waals surface area contributed by atoms with Gasteiger partial charge in [0, 0.05) is 11.6 Å². The van der Waals surface area contributed by atoms with Crippen LogP contribution in [0.1, 0.15) is 27.2 Å². The van der Waals surface area contributed by atoms with Gasteiger partial charge in [-0.1, -0.05) is 6.92 Å². The lowest BCUT2D eigenvalue weighted by atomic mass is 9.93. The van der Waals surface area contributed by atoms with Gasteiger partial charge in [0.05, 0.1) is 12.2 Å². The zero-order chi connectivity index (χ0) is 13.9. The van der Waals surface area contributed by atoms with Crippen molar-refractivity contribution in [1.82, 2.24) is 4.90 Å². The van der Waals surface area contributed by atoms with E-state index in [2.05, 4.69) is 0 Å². The molecule has 0 aromatic carbocycles. The summed E-state index contributed by atoms with van der Waals surface area (Å²) >= 11 is 0. The molecule has 1 atom stereocenters. The van der Waals surface area contributed by atoms with Crippen molar-refractivity contribution in [3.63, 3.8) is 0 Å². The smallest absolute Gasteiger partial charge is 0.335 e. The monoisotopic (exact) mass is 254 g/mol. The number of esters is 1. The summed E-state index contributed by atoms with van der Waals surface area (Å²) in [6.45, 7) is 5.11. The SMILES string of the molecule is CCOC(=O)C1=C(C)N(CC(N)=O)C(=O)C(C)C1. The number of allylic oxidation sites excluding steroid dienone is 1. The van der Waals surface area contributed by atoms with Crippen molar-refractivity contribution >= 4 is 17.8 Å². The van der Waals surface area contributed by atoms with Crippen LogP contribution >= 0.6 is 0 Å². The molecule has 0 aromatic heterocycles. The second kappa shape index (κ2) is 5.66. The average Bonchev–Trinajstić information content (AvgIpc) is 2.29. The first kappa shape index (κ1) is 14.2. The molecule has 0 aliphatic carbocycles. The van der Waals surface area contributed by atoms with E-state index in [1.54, 1.807) is 20.8 Å². The van der Waals surface area contributed by atoms with Crippen LogP contribution < -0.4 is 5.73 Å². The van der Waals surface area contributed by atoms with E-state index >= 15 is 0 Å². The molecule has 100 valence electrons. The third-order valence-electron chi connectivity index (χ3n) is 2.88. The van der Waals surface area contributed by atoms with Gasteiger partial charge < -0.3 is 15.4 Å². The number of ether oxygens (including phenoxy) is 1. The topological polar surface area (TPSA) is 89.7 Å². The number of nitrogens with zero attached hydrogens (tertiary/aromatic N) is 1. The van der Waals surface area contributed by atoms with Gasteiger partial charge >= 0.3 is 5.97 Å². The molecule has 0 saturated carbocycles. The second-order valence-electron chi connectivity index (χ2n) is 4.28. The zero-order valence-electron chi connectivity index (χ0n) is 10.9. The number of hydrogen-bond donors (Lipinski definition) is 1. The van der Waals surface area contributed by atoms with Crippen molar-refractivity contribution in [2.24, 2.45) is 11.7 Å². The predicted octanol–water partition coefficient (Wildman–Crippen LogP) is 0.177. The first-order chi connectivity index (χ1) is 8.38. The molecule has 0 spiro atoms. The molecule has 1 heterocycles.